The Kier molecular flexibility index (Phi) is 5.27. The number of guanidine groups is 1. The van der Waals surface area contributed by atoms with E-state index in [1.165, 1.54) is 5.56 Å². The zero-order chi connectivity index (χ0) is 15.2. The molecule has 1 aromatic heterocycles. The average molecular weight is 348 g/mol. The number of nitrogens with two attached hydrogens (primary N) is 1. The average Bonchev–Trinajstić information content (AvgIpc) is 2.39. The van der Waals surface area contributed by atoms with Crippen LogP contribution in [-0.2, 0) is 6.42 Å². The molecule has 1 heterocycles. The molecule has 21 heavy (non-hydrogen) atoms. The Bertz CT molecular complexity index is 617. The summed E-state index contributed by atoms with van der Waals surface area (Å²) in [5, 5.41) is 2.92. The van der Waals surface area contributed by atoms with Crippen molar-refractivity contribution in [1.29, 1.82) is 0 Å². The highest BCUT2D eigenvalue weighted by atomic mass is 79.9. The number of aromatic nitrogens is 2. The Labute approximate surface area is 132 Å². The van der Waals surface area contributed by atoms with Crippen molar-refractivity contribution in [1.82, 2.24) is 9.97 Å². The smallest absolute Gasteiger partial charge is 0.229 e. The monoisotopic (exact) mass is 347 g/mol. The van der Waals surface area contributed by atoms with Crippen LogP contribution in [-0.4, -0.2) is 22.5 Å². The number of nitrogens with one attached hydrogen (secondary N) is 1. The van der Waals surface area contributed by atoms with Crippen LogP contribution in [0, 0.1) is 13.8 Å². The molecule has 0 saturated carbocycles. The van der Waals surface area contributed by atoms with Gasteiger partial charge in [-0.05, 0) is 44.0 Å². The summed E-state index contributed by atoms with van der Waals surface area (Å²) in [4.78, 5) is 12.8. The van der Waals surface area contributed by atoms with E-state index >= 15 is 0 Å². The molecule has 0 unspecified atom stereocenters. The molecule has 0 bridgehead atoms. The summed E-state index contributed by atoms with van der Waals surface area (Å²) in [6.07, 6.45) is 0.837. The minimum atomic E-state index is 0.331. The van der Waals surface area contributed by atoms with E-state index in [1.807, 2.05) is 32.0 Å². The van der Waals surface area contributed by atoms with Gasteiger partial charge in [0, 0.05) is 22.4 Å². The van der Waals surface area contributed by atoms with E-state index in [-0.39, 0.29) is 0 Å². The number of halogens is 1. The maximum atomic E-state index is 5.85. The zero-order valence-electron chi connectivity index (χ0n) is 12.1. The lowest BCUT2D eigenvalue weighted by Crippen LogP contribution is -2.24. The molecule has 0 radical (unpaired) electrons. The highest BCUT2D eigenvalue weighted by Crippen LogP contribution is 2.10. The van der Waals surface area contributed by atoms with Gasteiger partial charge in [-0.25, -0.2) is 9.97 Å². The number of aryl methyl sites for hydroxylation is 2. The fourth-order valence-electron chi connectivity index (χ4n) is 1.89. The predicted molar refractivity (Wildman–Crippen MR) is 89.5 cm³/mol. The number of anilines is 1. The van der Waals surface area contributed by atoms with Crippen LogP contribution in [0.5, 0.6) is 0 Å². The fraction of sp³-hybridized carbons (Fsp3) is 0.267. The van der Waals surface area contributed by atoms with E-state index in [1.54, 1.807) is 0 Å². The molecule has 0 aliphatic carbocycles. The normalized spacial score (nSPS) is 11.5. The quantitative estimate of drug-likeness (QED) is 0.658. The molecule has 0 fully saturated rings. The minimum absolute atomic E-state index is 0.331. The lowest BCUT2D eigenvalue weighted by atomic mass is 10.2. The first kappa shape index (κ1) is 15.4. The van der Waals surface area contributed by atoms with Crippen molar-refractivity contribution >= 4 is 27.8 Å². The van der Waals surface area contributed by atoms with Crippen LogP contribution in [0.25, 0.3) is 0 Å². The van der Waals surface area contributed by atoms with Crippen LogP contribution in [0.15, 0.2) is 39.8 Å². The molecule has 0 spiro atoms. The topological polar surface area (TPSA) is 76.2 Å². The number of nitrogens with zero attached hydrogens (tertiary/aromatic N) is 3. The number of hydrogen-bond donors (Lipinski definition) is 2. The molecule has 0 saturated heterocycles. The molecular formula is C15H18BrN5. The Morgan fingerprint density at radius 3 is 2.43 bits per heavy atom. The second-order valence-electron chi connectivity index (χ2n) is 4.74. The summed E-state index contributed by atoms with van der Waals surface area (Å²) in [6.45, 7) is 4.45. The molecule has 0 amide bonds. The van der Waals surface area contributed by atoms with Gasteiger partial charge in [0.15, 0.2) is 5.96 Å². The largest absolute Gasteiger partial charge is 0.370 e. The molecular weight excluding hydrogens is 330 g/mol. The molecule has 1 aromatic carbocycles. The summed E-state index contributed by atoms with van der Waals surface area (Å²) >= 11 is 3.41. The molecule has 3 N–H and O–H groups in total. The third-order valence-electron chi connectivity index (χ3n) is 2.82. The van der Waals surface area contributed by atoms with Gasteiger partial charge in [-0.1, -0.05) is 28.1 Å². The van der Waals surface area contributed by atoms with Crippen LogP contribution >= 0.6 is 15.9 Å². The first-order valence-electron chi connectivity index (χ1n) is 6.66. The fourth-order valence-corrected chi connectivity index (χ4v) is 2.16. The number of aliphatic imine (C=N–C) groups is 1. The van der Waals surface area contributed by atoms with Crippen molar-refractivity contribution in [2.45, 2.75) is 20.3 Å². The van der Waals surface area contributed by atoms with Crippen molar-refractivity contribution in [2.75, 3.05) is 11.9 Å². The van der Waals surface area contributed by atoms with Crippen LogP contribution in [0.3, 0.4) is 0 Å². The van der Waals surface area contributed by atoms with E-state index in [9.17, 15) is 0 Å². The molecule has 2 aromatic rings. The number of benzene rings is 1. The van der Waals surface area contributed by atoms with Gasteiger partial charge in [-0.15, -0.1) is 0 Å². The molecule has 5 nitrogen and oxygen atoms in total. The van der Waals surface area contributed by atoms with Gasteiger partial charge in [0.2, 0.25) is 5.95 Å². The van der Waals surface area contributed by atoms with E-state index in [4.69, 9.17) is 5.73 Å². The Hall–Kier alpha value is -1.95. The van der Waals surface area contributed by atoms with Gasteiger partial charge in [0.1, 0.15) is 0 Å². The predicted octanol–water partition coefficient (Wildman–Crippen LogP) is 2.83. The Morgan fingerprint density at radius 1 is 1.19 bits per heavy atom. The lowest BCUT2D eigenvalue weighted by Gasteiger charge is -2.06. The molecule has 0 aliphatic rings. The van der Waals surface area contributed by atoms with Crippen molar-refractivity contribution < 1.29 is 0 Å². The van der Waals surface area contributed by atoms with Gasteiger partial charge in [0.05, 0.1) is 0 Å². The van der Waals surface area contributed by atoms with Crippen molar-refractivity contribution in [3.05, 3.63) is 51.8 Å². The van der Waals surface area contributed by atoms with Gasteiger partial charge in [-0.2, -0.15) is 0 Å². The van der Waals surface area contributed by atoms with Crippen molar-refractivity contribution in [3.8, 4) is 0 Å². The molecule has 110 valence electrons. The second kappa shape index (κ2) is 7.17. The number of rotatable bonds is 4. The third-order valence-corrected chi connectivity index (χ3v) is 3.35. The summed E-state index contributed by atoms with van der Waals surface area (Å²) < 4.78 is 1.07. The van der Waals surface area contributed by atoms with Crippen LogP contribution in [0.4, 0.5) is 5.95 Å². The first-order valence-corrected chi connectivity index (χ1v) is 7.46. The maximum absolute atomic E-state index is 5.85. The third kappa shape index (κ3) is 5.15. The van der Waals surface area contributed by atoms with Gasteiger partial charge < -0.3 is 5.73 Å². The second-order valence-corrected chi connectivity index (χ2v) is 5.66. The SMILES string of the molecule is Cc1cc(C)nc(NC(N)=NCCc2ccc(Br)cc2)n1. The Balaban J connectivity index is 1.90. The van der Waals surface area contributed by atoms with Gasteiger partial charge in [-0.3, -0.25) is 10.3 Å². The summed E-state index contributed by atoms with van der Waals surface area (Å²) in [6, 6.07) is 10.1. The standard InChI is InChI=1S/C15H18BrN5/c1-10-9-11(2)20-15(19-10)21-14(17)18-8-7-12-3-5-13(16)6-4-12/h3-6,9H,7-8H2,1-2H3,(H3,17,18,19,20,21). The van der Waals surface area contributed by atoms with Crippen LogP contribution < -0.4 is 11.1 Å². The summed E-state index contributed by atoms with van der Waals surface area (Å²) in [5.41, 5.74) is 8.86. The van der Waals surface area contributed by atoms with Crippen molar-refractivity contribution in [2.24, 2.45) is 10.7 Å². The highest BCUT2D eigenvalue weighted by molar-refractivity contribution is 9.10. The lowest BCUT2D eigenvalue weighted by molar-refractivity contribution is 0.962. The molecule has 2 rings (SSSR count). The first-order chi connectivity index (χ1) is 10.0. The van der Waals surface area contributed by atoms with E-state index in [0.29, 0.717) is 18.5 Å². The Morgan fingerprint density at radius 2 is 1.81 bits per heavy atom. The van der Waals surface area contributed by atoms with Crippen molar-refractivity contribution in [3.63, 3.8) is 0 Å². The van der Waals surface area contributed by atoms with Crippen LogP contribution in [0.2, 0.25) is 0 Å². The molecule has 0 aliphatic heterocycles. The summed E-state index contributed by atoms with van der Waals surface area (Å²) in [5.74, 6) is 0.814. The van der Waals surface area contributed by atoms with E-state index < -0.39 is 0 Å². The zero-order valence-corrected chi connectivity index (χ0v) is 13.7. The molecule has 0 atom stereocenters. The van der Waals surface area contributed by atoms with E-state index in [2.05, 4.69) is 48.3 Å². The summed E-state index contributed by atoms with van der Waals surface area (Å²) in [7, 11) is 0. The maximum Gasteiger partial charge on any atom is 0.229 e. The van der Waals surface area contributed by atoms with E-state index in [0.717, 1.165) is 22.3 Å². The van der Waals surface area contributed by atoms with Gasteiger partial charge >= 0.3 is 0 Å². The highest BCUT2D eigenvalue weighted by Gasteiger charge is 2.00. The molecule has 6 heteroatoms. The minimum Gasteiger partial charge on any atom is -0.370 e. The van der Waals surface area contributed by atoms with Gasteiger partial charge in [0.25, 0.3) is 0 Å². The van der Waals surface area contributed by atoms with Crippen LogP contribution in [0.1, 0.15) is 17.0 Å². The number of hydrogen-bond acceptors (Lipinski definition) is 3.